The average Bonchev–Trinajstić information content (AvgIpc) is 2.58. The highest BCUT2D eigenvalue weighted by atomic mass is 32.2. The van der Waals surface area contributed by atoms with Gasteiger partial charge in [0, 0.05) is 20.2 Å². The Labute approximate surface area is 141 Å². The van der Waals surface area contributed by atoms with Crippen LogP contribution in [0.25, 0.3) is 0 Å². The van der Waals surface area contributed by atoms with E-state index in [0.29, 0.717) is 11.1 Å². The van der Waals surface area contributed by atoms with Gasteiger partial charge in [0.15, 0.2) is 0 Å². The van der Waals surface area contributed by atoms with E-state index in [-0.39, 0.29) is 24.6 Å². The molecule has 0 aromatic heterocycles. The molecule has 0 radical (unpaired) electrons. The zero-order valence-corrected chi connectivity index (χ0v) is 14.0. The zero-order valence-electron chi connectivity index (χ0n) is 13.1. The van der Waals surface area contributed by atoms with Crippen LogP contribution in [0.4, 0.5) is 4.39 Å². The standard InChI is InChI=1S/C17H17FN2O3S/c1-23-10-9-20(13-15-3-2-4-16(18)11-15)24(21,22)17-7-5-14(12-19)6-8-17/h2-8,11H,9-10,13H2,1H3. The molecule has 0 aliphatic heterocycles. The highest BCUT2D eigenvalue weighted by Crippen LogP contribution is 2.19. The van der Waals surface area contributed by atoms with Crippen LogP contribution in [0.15, 0.2) is 53.4 Å². The third kappa shape index (κ3) is 4.38. The quantitative estimate of drug-likeness (QED) is 0.771. The predicted molar refractivity (Wildman–Crippen MR) is 87.0 cm³/mol. The first-order chi connectivity index (χ1) is 11.5. The topological polar surface area (TPSA) is 70.4 Å². The minimum absolute atomic E-state index is 0.0312. The Balaban J connectivity index is 2.32. The molecule has 0 saturated carbocycles. The molecule has 0 spiro atoms. The summed E-state index contributed by atoms with van der Waals surface area (Å²) in [6, 6.07) is 13.4. The van der Waals surface area contributed by atoms with Crippen LogP contribution in [-0.4, -0.2) is 33.0 Å². The second-order valence-corrected chi connectivity index (χ2v) is 7.04. The maximum Gasteiger partial charge on any atom is 0.243 e. The van der Waals surface area contributed by atoms with Crippen LogP contribution >= 0.6 is 0 Å². The smallest absolute Gasteiger partial charge is 0.243 e. The van der Waals surface area contributed by atoms with Crippen LogP contribution in [0.5, 0.6) is 0 Å². The first kappa shape index (κ1) is 18.1. The van der Waals surface area contributed by atoms with Gasteiger partial charge < -0.3 is 4.74 Å². The molecule has 0 aliphatic rings. The summed E-state index contributed by atoms with van der Waals surface area (Å²) < 4.78 is 45.2. The number of nitrogens with zero attached hydrogens (tertiary/aromatic N) is 2. The molecule has 0 fully saturated rings. The van der Waals surface area contributed by atoms with Gasteiger partial charge in [0.05, 0.1) is 23.1 Å². The number of nitriles is 1. The number of methoxy groups -OCH3 is 1. The fourth-order valence-electron chi connectivity index (χ4n) is 2.17. The largest absolute Gasteiger partial charge is 0.383 e. The highest BCUT2D eigenvalue weighted by molar-refractivity contribution is 7.89. The molecule has 5 nitrogen and oxygen atoms in total. The van der Waals surface area contributed by atoms with Crippen LogP contribution in [0, 0.1) is 17.1 Å². The third-order valence-electron chi connectivity index (χ3n) is 3.41. The van der Waals surface area contributed by atoms with E-state index in [9.17, 15) is 12.8 Å². The first-order valence-corrected chi connectivity index (χ1v) is 8.65. The summed E-state index contributed by atoms with van der Waals surface area (Å²) in [5, 5.41) is 8.82. The number of rotatable bonds is 7. The Morgan fingerprint density at radius 1 is 1.21 bits per heavy atom. The van der Waals surface area contributed by atoms with Gasteiger partial charge in [0.25, 0.3) is 0 Å². The molecule has 2 aromatic rings. The number of ether oxygens (including phenoxy) is 1. The molecule has 0 unspecified atom stereocenters. The molecular weight excluding hydrogens is 331 g/mol. The number of halogens is 1. The van der Waals surface area contributed by atoms with Crippen molar-refractivity contribution in [1.82, 2.24) is 4.31 Å². The fraction of sp³-hybridized carbons (Fsp3) is 0.235. The second-order valence-electron chi connectivity index (χ2n) is 5.10. The average molecular weight is 348 g/mol. The summed E-state index contributed by atoms with van der Waals surface area (Å²) in [4.78, 5) is 0.0778. The Kier molecular flexibility index (Phi) is 6.04. The number of hydrogen-bond donors (Lipinski definition) is 0. The van der Waals surface area contributed by atoms with Gasteiger partial charge in [-0.25, -0.2) is 12.8 Å². The molecule has 0 aliphatic carbocycles. The van der Waals surface area contributed by atoms with Crippen molar-refractivity contribution < 1.29 is 17.5 Å². The minimum Gasteiger partial charge on any atom is -0.383 e. The molecular formula is C17H17FN2O3S. The summed E-state index contributed by atoms with van der Waals surface area (Å²) in [5.41, 5.74) is 0.922. The highest BCUT2D eigenvalue weighted by Gasteiger charge is 2.24. The number of sulfonamides is 1. The minimum atomic E-state index is -3.79. The van der Waals surface area contributed by atoms with Crippen molar-refractivity contribution in [2.75, 3.05) is 20.3 Å². The van der Waals surface area contributed by atoms with Crippen molar-refractivity contribution in [3.63, 3.8) is 0 Å². The van der Waals surface area contributed by atoms with Crippen molar-refractivity contribution in [2.45, 2.75) is 11.4 Å². The van der Waals surface area contributed by atoms with Gasteiger partial charge >= 0.3 is 0 Å². The van der Waals surface area contributed by atoms with Crippen LogP contribution in [0.1, 0.15) is 11.1 Å². The molecule has 2 rings (SSSR count). The maximum absolute atomic E-state index is 13.3. The molecule has 0 heterocycles. The molecule has 24 heavy (non-hydrogen) atoms. The van der Waals surface area contributed by atoms with E-state index in [2.05, 4.69) is 0 Å². The van der Waals surface area contributed by atoms with Gasteiger partial charge in [-0.05, 0) is 42.0 Å². The van der Waals surface area contributed by atoms with Gasteiger partial charge in [0.2, 0.25) is 10.0 Å². The molecule has 0 bridgehead atoms. The fourth-order valence-corrected chi connectivity index (χ4v) is 3.58. The summed E-state index contributed by atoms with van der Waals surface area (Å²) in [6.45, 7) is 0.379. The third-order valence-corrected chi connectivity index (χ3v) is 5.27. The molecule has 0 atom stereocenters. The lowest BCUT2D eigenvalue weighted by molar-refractivity contribution is 0.177. The van der Waals surface area contributed by atoms with Gasteiger partial charge in [-0.2, -0.15) is 9.57 Å². The molecule has 2 aromatic carbocycles. The molecule has 7 heteroatoms. The van der Waals surface area contributed by atoms with E-state index >= 15 is 0 Å². The van der Waals surface area contributed by atoms with Crippen LogP contribution in [0.2, 0.25) is 0 Å². The molecule has 0 N–H and O–H groups in total. The van der Waals surface area contributed by atoms with Crippen molar-refractivity contribution in [3.05, 3.63) is 65.5 Å². The summed E-state index contributed by atoms with van der Waals surface area (Å²) in [5.74, 6) is -0.421. The van der Waals surface area contributed by atoms with E-state index in [0.717, 1.165) is 0 Å². The van der Waals surface area contributed by atoms with Gasteiger partial charge in [-0.3, -0.25) is 0 Å². The van der Waals surface area contributed by atoms with E-state index < -0.39 is 15.8 Å². The lowest BCUT2D eigenvalue weighted by atomic mass is 10.2. The Morgan fingerprint density at radius 2 is 1.92 bits per heavy atom. The van der Waals surface area contributed by atoms with Crippen LogP contribution < -0.4 is 0 Å². The Bertz CT molecular complexity index is 830. The van der Waals surface area contributed by atoms with E-state index in [4.69, 9.17) is 10.00 Å². The Morgan fingerprint density at radius 3 is 2.50 bits per heavy atom. The predicted octanol–water partition coefficient (Wildman–Crippen LogP) is 2.53. The maximum atomic E-state index is 13.3. The first-order valence-electron chi connectivity index (χ1n) is 7.21. The summed E-state index contributed by atoms with van der Waals surface area (Å²) in [7, 11) is -2.31. The van der Waals surface area contributed by atoms with Crippen molar-refractivity contribution in [1.29, 1.82) is 5.26 Å². The van der Waals surface area contributed by atoms with Crippen molar-refractivity contribution in [2.24, 2.45) is 0 Å². The monoisotopic (exact) mass is 348 g/mol. The van der Waals surface area contributed by atoms with E-state index in [1.165, 1.54) is 53.9 Å². The lowest BCUT2D eigenvalue weighted by Gasteiger charge is -2.22. The van der Waals surface area contributed by atoms with E-state index in [1.807, 2.05) is 6.07 Å². The van der Waals surface area contributed by atoms with Gasteiger partial charge in [-0.15, -0.1) is 0 Å². The molecule has 126 valence electrons. The summed E-state index contributed by atoms with van der Waals surface area (Å²) in [6.07, 6.45) is 0. The summed E-state index contributed by atoms with van der Waals surface area (Å²) >= 11 is 0. The zero-order chi connectivity index (χ0) is 17.6. The molecule has 0 saturated heterocycles. The van der Waals surface area contributed by atoms with Crippen molar-refractivity contribution in [3.8, 4) is 6.07 Å². The van der Waals surface area contributed by atoms with Crippen LogP contribution in [-0.2, 0) is 21.3 Å². The number of benzene rings is 2. The van der Waals surface area contributed by atoms with Crippen molar-refractivity contribution >= 4 is 10.0 Å². The van der Waals surface area contributed by atoms with Gasteiger partial charge in [-0.1, -0.05) is 12.1 Å². The molecule has 0 amide bonds. The lowest BCUT2D eigenvalue weighted by Crippen LogP contribution is -2.33. The van der Waals surface area contributed by atoms with Gasteiger partial charge in [0.1, 0.15) is 5.82 Å². The normalized spacial score (nSPS) is 11.4. The number of hydrogen-bond acceptors (Lipinski definition) is 4. The van der Waals surface area contributed by atoms with E-state index in [1.54, 1.807) is 6.07 Å². The SMILES string of the molecule is COCCN(Cc1cccc(F)c1)S(=O)(=O)c1ccc(C#N)cc1. The van der Waals surface area contributed by atoms with Crippen LogP contribution in [0.3, 0.4) is 0 Å². The Hall–Kier alpha value is -2.27. The second kappa shape index (κ2) is 8.02.